The molecule has 2 aromatic rings. The Labute approximate surface area is 141 Å². The third-order valence-corrected chi connectivity index (χ3v) is 3.28. The lowest BCUT2D eigenvalue weighted by molar-refractivity contribution is -0.112. The second kappa shape index (κ2) is 7.96. The van der Waals surface area contributed by atoms with Crippen molar-refractivity contribution in [3.8, 4) is 11.8 Å². The number of anilines is 2. The van der Waals surface area contributed by atoms with Crippen LogP contribution in [0, 0.1) is 11.3 Å². The summed E-state index contributed by atoms with van der Waals surface area (Å²) in [6.45, 7) is 0. The van der Waals surface area contributed by atoms with Crippen LogP contribution in [0.3, 0.4) is 0 Å². The van der Waals surface area contributed by atoms with Crippen molar-refractivity contribution in [1.29, 1.82) is 5.26 Å². The highest BCUT2D eigenvalue weighted by Crippen LogP contribution is 2.23. The number of nitrogens with zero attached hydrogens (tertiary/aromatic N) is 2. The van der Waals surface area contributed by atoms with E-state index in [1.165, 1.54) is 13.3 Å². The summed E-state index contributed by atoms with van der Waals surface area (Å²) in [5.74, 6) is 0.494. The van der Waals surface area contributed by atoms with Gasteiger partial charge in [0.25, 0.3) is 5.91 Å². The summed E-state index contributed by atoms with van der Waals surface area (Å²) >= 11 is 3.28. The average Bonchev–Trinajstić information content (AvgIpc) is 2.57. The number of carbonyl (C=O) groups excluding carboxylic acids is 1. The molecule has 0 aliphatic heterocycles. The molecule has 1 heterocycles. The molecule has 0 spiro atoms. The maximum atomic E-state index is 12.2. The fourth-order valence-electron chi connectivity index (χ4n) is 1.69. The lowest BCUT2D eigenvalue weighted by atomic mass is 10.2. The van der Waals surface area contributed by atoms with Crippen LogP contribution in [0.2, 0.25) is 0 Å². The molecule has 0 aliphatic carbocycles. The van der Waals surface area contributed by atoms with Crippen molar-refractivity contribution in [2.75, 3.05) is 17.7 Å². The Balaban J connectivity index is 2.10. The zero-order valence-electron chi connectivity index (χ0n) is 12.2. The summed E-state index contributed by atoms with van der Waals surface area (Å²) in [7, 11) is 1.51. The highest BCUT2D eigenvalue weighted by molar-refractivity contribution is 9.10. The summed E-state index contributed by atoms with van der Waals surface area (Å²) in [6, 6.07) is 12.3. The molecule has 7 heteroatoms. The summed E-state index contributed by atoms with van der Waals surface area (Å²) in [6.07, 6.45) is 2.91. The molecule has 0 atom stereocenters. The number of halogens is 1. The number of pyridine rings is 1. The number of aromatic nitrogens is 1. The Morgan fingerprint density at radius 3 is 2.78 bits per heavy atom. The van der Waals surface area contributed by atoms with Gasteiger partial charge in [0.05, 0.1) is 12.8 Å². The first-order valence-electron chi connectivity index (χ1n) is 6.56. The normalized spacial score (nSPS) is 10.6. The number of hydrogen-bond donors (Lipinski definition) is 2. The van der Waals surface area contributed by atoms with Crippen LogP contribution in [0.5, 0.6) is 5.75 Å². The van der Waals surface area contributed by atoms with E-state index in [1.54, 1.807) is 42.6 Å². The van der Waals surface area contributed by atoms with Gasteiger partial charge in [-0.3, -0.25) is 4.79 Å². The summed E-state index contributed by atoms with van der Waals surface area (Å²) in [4.78, 5) is 16.3. The van der Waals surface area contributed by atoms with E-state index >= 15 is 0 Å². The van der Waals surface area contributed by atoms with Gasteiger partial charge in [-0.05, 0) is 40.2 Å². The maximum Gasteiger partial charge on any atom is 0.267 e. The third-order valence-electron chi connectivity index (χ3n) is 2.81. The Hall–Kier alpha value is -2.85. The van der Waals surface area contributed by atoms with Gasteiger partial charge in [0.1, 0.15) is 23.2 Å². The number of carbonyl (C=O) groups is 1. The van der Waals surface area contributed by atoms with Crippen LogP contribution >= 0.6 is 15.9 Å². The van der Waals surface area contributed by atoms with Crippen LogP contribution in [-0.4, -0.2) is 18.0 Å². The molecule has 0 unspecified atom stereocenters. The van der Waals surface area contributed by atoms with Crippen molar-refractivity contribution in [2.45, 2.75) is 0 Å². The van der Waals surface area contributed by atoms with Crippen molar-refractivity contribution >= 4 is 33.3 Å². The third kappa shape index (κ3) is 4.56. The topological polar surface area (TPSA) is 87.0 Å². The van der Waals surface area contributed by atoms with Gasteiger partial charge < -0.3 is 15.4 Å². The van der Waals surface area contributed by atoms with Crippen molar-refractivity contribution in [3.63, 3.8) is 0 Å². The van der Waals surface area contributed by atoms with Gasteiger partial charge in [-0.25, -0.2) is 4.98 Å². The smallest absolute Gasteiger partial charge is 0.267 e. The number of ether oxygens (including phenoxy) is 1. The van der Waals surface area contributed by atoms with Crippen molar-refractivity contribution in [2.24, 2.45) is 0 Å². The minimum atomic E-state index is -0.540. The molecule has 2 N–H and O–H groups in total. The highest BCUT2D eigenvalue weighted by atomic mass is 79.9. The van der Waals surface area contributed by atoms with Crippen LogP contribution in [0.15, 0.2) is 58.8 Å². The monoisotopic (exact) mass is 372 g/mol. The van der Waals surface area contributed by atoms with Gasteiger partial charge >= 0.3 is 0 Å². The second-order valence-electron chi connectivity index (χ2n) is 4.33. The van der Waals surface area contributed by atoms with Crippen LogP contribution in [-0.2, 0) is 4.79 Å². The van der Waals surface area contributed by atoms with Crippen molar-refractivity contribution in [1.82, 2.24) is 4.98 Å². The summed E-state index contributed by atoms with van der Waals surface area (Å²) in [5, 5.41) is 14.6. The van der Waals surface area contributed by atoms with Gasteiger partial charge in [0, 0.05) is 16.9 Å². The quantitative estimate of drug-likeness (QED) is 0.620. The number of hydrogen-bond acceptors (Lipinski definition) is 5. The van der Waals surface area contributed by atoms with Gasteiger partial charge in [-0.15, -0.1) is 0 Å². The molecule has 0 saturated carbocycles. The molecule has 6 nitrogen and oxygen atoms in total. The average molecular weight is 373 g/mol. The number of nitrogens with one attached hydrogen (secondary N) is 2. The molecule has 0 radical (unpaired) electrons. The van der Waals surface area contributed by atoms with Crippen LogP contribution in [0.1, 0.15) is 0 Å². The first kappa shape index (κ1) is 16.5. The van der Waals surface area contributed by atoms with Crippen LogP contribution in [0.4, 0.5) is 11.5 Å². The SMILES string of the molecule is COc1ccccc1NC(=O)/C(C#N)=C\Nc1ccc(Br)cn1. The van der Waals surface area contributed by atoms with Crippen LogP contribution in [0.25, 0.3) is 0 Å². The minimum Gasteiger partial charge on any atom is -0.495 e. The molecule has 0 bridgehead atoms. The molecule has 0 aliphatic rings. The maximum absolute atomic E-state index is 12.2. The molecular weight excluding hydrogens is 360 g/mol. The van der Waals surface area contributed by atoms with Gasteiger partial charge in [0.15, 0.2) is 0 Å². The Bertz CT molecular complexity index is 766. The Morgan fingerprint density at radius 2 is 2.13 bits per heavy atom. The van der Waals surface area contributed by atoms with Gasteiger partial charge in [-0.2, -0.15) is 5.26 Å². The van der Waals surface area contributed by atoms with Crippen molar-refractivity contribution in [3.05, 3.63) is 58.8 Å². The van der Waals surface area contributed by atoms with Crippen molar-refractivity contribution < 1.29 is 9.53 Å². The lowest BCUT2D eigenvalue weighted by Gasteiger charge is -2.09. The number of benzene rings is 1. The van der Waals surface area contributed by atoms with E-state index in [-0.39, 0.29) is 5.57 Å². The first-order chi connectivity index (χ1) is 11.1. The largest absolute Gasteiger partial charge is 0.495 e. The standard InChI is InChI=1S/C16H13BrN4O2/c1-23-14-5-3-2-4-13(14)21-16(22)11(8-18)9-19-15-7-6-12(17)10-20-15/h2-7,9-10H,1H3,(H,19,20)(H,21,22)/b11-9-. The predicted molar refractivity (Wildman–Crippen MR) is 90.9 cm³/mol. The molecule has 1 aromatic heterocycles. The molecule has 0 fully saturated rings. The summed E-state index contributed by atoms with van der Waals surface area (Å²) in [5.41, 5.74) is 0.406. The molecule has 116 valence electrons. The molecule has 0 saturated heterocycles. The van der Waals surface area contributed by atoms with Gasteiger partial charge in [-0.1, -0.05) is 12.1 Å². The fourth-order valence-corrected chi connectivity index (χ4v) is 1.93. The first-order valence-corrected chi connectivity index (χ1v) is 7.36. The number of para-hydroxylation sites is 2. The minimum absolute atomic E-state index is 0.0828. The molecular formula is C16H13BrN4O2. The summed E-state index contributed by atoms with van der Waals surface area (Å²) < 4.78 is 5.99. The van der Waals surface area contributed by atoms with E-state index in [4.69, 9.17) is 10.00 Å². The molecule has 1 aromatic carbocycles. The van der Waals surface area contributed by atoms with E-state index in [1.807, 2.05) is 6.07 Å². The van der Waals surface area contributed by atoms with E-state index in [9.17, 15) is 4.79 Å². The molecule has 23 heavy (non-hydrogen) atoms. The predicted octanol–water partition coefficient (Wildman–Crippen LogP) is 3.31. The Morgan fingerprint density at radius 1 is 1.35 bits per heavy atom. The Kier molecular flexibility index (Phi) is 5.72. The zero-order chi connectivity index (χ0) is 16.7. The number of nitriles is 1. The fraction of sp³-hybridized carbons (Fsp3) is 0.0625. The molecule has 2 rings (SSSR count). The van der Waals surface area contributed by atoms with E-state index < -0.39 is 5.91 Å². The van der Waals surface area contributed by atoms with E-state index in [0.717, 1.165) is 4.47 Å². The van der Waals surface area contributed by atoms with E-state index in [0.29, 0.717) is 17.3 Å². The lowest BCUT2D eigenvalue weighted by Crippen LogP contribution is -2.15. The van der Waals surface area contributed by atoms with Crippen LogP contribution < -0.4 is 15.4 Å². The van der Waals surface area contributed by atoms with Gasteiger partial charge in [0.2, 0.25) is 0 Å². The number of amides is 1. The molecule has 1 amide bonds. The zero-order valence-corrected chi connectivity index (χ0v) is 13.8. The number of rotatable bonds is 5. The van der Waals surface area contributed by atoms with E-state index in [2.05, 4.69) is 31.5 Å². The number of methoxy groups -OCH3 is 1. The highest BCUT2D eigenvalue weighted by Gasteiger charge is 2.11. The second-order valence-corrected chi connectivity index (χ2v) is 5.25.